The van der Waals surface area contributed by atoms with Gasteiger partial charge in [0.1, 0.15) is 0 Å². The minimum absolute atomic E-state index is 0.177. The SMILES string of the molecule is NCCC(=O)N1CCC2NNC(c3ccc(-c4ccccc4)cc3)C2C1. The number of rotatable bonds is 4. The van der Waals surface area contributed by atoms with Crippen LogP contribution >= 0.6 is 0 Å². The maximum absolute atomic E-state index is 12.2. The quantitative estimate of drug-likeness (QED) is 0.789. The molecule has 136 valence electrons. The third-order valence-corrected chi connectivity index (χ3v) is 5.60. The molecule has 2 saturated heterocycles. The van der Waals surface area contributed by atoms with Crippen LogP contribution in [0.25, 0.3) is 11.1 Å². The molecule has 26 heavy (non-hydrogen) atoms. The lowest BCUT2D eigenvalue weighted by molar-refractivity contribution is -0.133. The van der Waals surface area contributed by atoms with E-state index in [2.05, 4.69) is 59.4 Å². The second-order valence-corrected chi connectivity index (χ2v) is 7.19. The van der Waals surface area contributed by atoms with Gasteiger partial charge in [0, 0.05) is 38.0 Å². The predicted octanol–water partition coefficient (Wildman–Crippen LogP) is 2.07. The third-order valence-electron chi connectivity index (χ3n) is 5.60. The molecular formula is C21H26N4O. The molecule has 0 spiro atoms. The first-order valence-electron chi connectivity index (χ1n) is 9.40. The highest BCUT2D eigenvalue weighted by Gasteiger charge is 2.41. The number of hydrogen-bond donors (Lipinski definition) is 3. The number of carbonyl (C=O) groups is 1. The summed E-state index contributed by atoms with van der Waals surface area (Å²) in [4.78, 5) is 14.2. The first-order chi connectivity index (χ1) is 12.8. The normalized spacial score (nSPS) is 25.1. The van der Waals surface area contributed by atoms with Gasteiger partial charge in [0.05, 0.1) is 6.04 Å². The van der Waals surface area contributed by atoms with Crippen LogP contribution in [0.1, 0.15) is 24.4 Å². The van der Waals surface area contributed by atoms with Gasteiger partial charge in [-0.2, -0.15) is 0 Å². The molecule has 2 aromatic rings. The fourth-order valence-electron chi connectivity index (χ4n) is 4.15. The molecular weight excluding hydrogens is 324 g/mol. The summed E-state index contributed by atoms with van der Waals surface area (Å²) < 4.78 is 0. The van der Waals surface area contributed by atoms with Crippen LogP contribution in [0.3, 0.4) is 0 Å². The third kappa shape index (κ3) is 3.38. The molecule has 5 nitrogen and oxygen atoms in total. The number of likely N-dealkylation sites (tertiary alicyclic amines) is 1. The zero-order chi connectivity index (χ0) is 17.9. The summed E-state index contributed by atoms with van der Waals surface area (Å²) in [6.07, 6.45) is 1.42. The Bertz CT molecular complexity index is 746. The monoisotopic (exact) mass is 350 g/mol. The summed E-state index contributed by atoms with van der Waals surface area (Å²) in [5, 5.41) is 0. The molecule has 0 aromatic heterocycles. The lowest BCUT2D eigenvalue weighted by Gasteiger charge is -2.36. The van der Waals surface area contributed by atoms with Crippen LogP contribution in [0.15, 0.2) is 54.6 Å². The number of hydrazine groups is 1. The zero-order valence-electron chi connectivity index (χ0n) is 14.9. The van der Waals surface area contributed by atoms with Gasteiger partial charge < -0.3 is 10.6 Å². The summed E-state index contributed by atoms with van der Waals surface area (Å²) in [7, 11) is 0. The van der Waals surface area contributed by atoms with Gasteiger partial charge in [-0.05, 0) is 23.1 Å². The van der Waals surface area contributed by atoms with E-state index in [1.54, 1.807) is 0 Å². The van der Waals surface area contributed by atoms with Crippen molar-refractivity contribution in [1.29, 1.82) is 0 Å². The van der Waals surface area contributed by atoms with Crippen molar-refractivity contribution in [1.82, 2.24) is 15.8 Å². The van der Waals surface area contributed by atoms with E-state index in [1.165, 1.54) is 16.7 Å². The van der Waals surface area contributed by atoms with Crippen LogP contribution in [-0.2, 0) is 4.79 Å². The predicted molar refractivity (Wildman–Crippen MR) is 103 cm³/mol. The zero-order valence-corrected chi connectivity index (χ0v) is 14.9. The van der Waals surface area contributed by atoms with Gasteiger partial charge in [0.2, 0.25) is 5.91 Å². The molecule has 0 saturated carbocycles. The lowest BCUT2D eigenvalue weighted by Crippen LogP contribution is -2.48. The van der Waals surface area contributed by atoms with Gasteiger partial charge in [-0.1, -0.05) is 54.6 Å². The van der Waals surface area contributed by atoms with Crippen LogP contribution in [0.5, 0.6) is 0 Å². The van der Waals surface area contributed by atoms with E-state index in [0.717, 1.165) is 19.5 Å². The number of carbonyl (C=O) groups excluding carboxylic acids is 1. The van der Waals surface area contributed by atoms with E-state index in [0.29, 0.717) is 24.9 Å². The Balaban J connectivity index is 1.50. The number of hydrogen-bond acceptors (Lipinski definition) is 4. The molecule has 0 radical (unpaired) electrons. The Morgan fingerprint density at radius 3 is 2.50 bits per heavy atom. The number of nitrogens with one attached hydrogen (secondary N) is 2. The minimum atomic E-state index is 0.177. The number of amides is 1. The van der Waals surface area contributed by atoms with Crippen molar-refractivity contribution in [3.63, 3.8) is 0 Å². The number of nitrogens with two attached hydrogens (primary N) is 1. The number of nitrogens with zero attached hydrogens (tertiary/aromatic N) is 1. The first-order valence-corrected chi connectivity index (χ1v) is 9.40. The largest absolute Gasteiger partial charge is 0.342 e. The van der Waals surface area contributed by atoms with Crippen LogP contribution in [0, 0.1) is 5.92 Å². The van der Waals surface area contributed by atoms with Gasteiger partial charge in [-0.15, -0.1) is 0 Å². The van der Waals surface area contributed by atoms with E-state index >= 15 is 0 Å². The molecule has 1 amide bonds. The fraction of sp³-hybridized carbons (Fsp3) is 0.381. The highest BCUT2D eigenvalue weighted by Crippen LogP contribution is 2.34. The van der Waals surface area contributed by atoms with Crippen molar-refractivity contribution in [2.24, 2.45) is 11.7 Å². The molecule has 3 unspecified atom stereocenters. The fourth-order valence-corrected chi connectivity index (χ4v) is 4.15. The van der Waals surface area contributed by atoms with Gasteiger partial charge in [-0.25, -0.2) is 5.43 Å². The Labute approximate surface area is 154 Å². The van der Waals surface area contributed by atoms with Gasteiger partial charge in [0.15, 0.2) is 0 Å². The maximum Gasteiger partial charge on any atom is 0.223 e. The number of benzene rings is 2. The molecule has 0 bridgehead atoms. The molecule has 0 aliphatic carbocycles. The topological polar surface area (TPSA) is 70.4 Å². The molecule has 2 heterocycles. The Morgan fingerprint density at radius 2 is 1.77 bits per heavy atom. The summed E-state index contributed by atoms with van der Waals surface area (Å²) in [5.74, 6) is 0.559. The average Bonchev–Trinajstić information content (AvgIpc) is 3.12. The molecule has 2 aliphatic rings. The maximum atomic E-state index is 12.2. The Morgan fingerprint density at radius 1 is 1.04 bits per heavy atom. The van der Waals surface area contributed by atoms with E-state index in [4.69, 9.17) is 5.73 Å². The van der Waals surface area contributed by atoms with Crippen molar-refractivity contribution in [2.75, 3.05) is 19.6 Å². The van der Waals surface area contributed by atoms with Crippen LogP contribution in [-0.4, -0.2) is 36.5 Å². The molecule has 4 rings (SSSR count). The van der Waals surface area contributed by atoms with E-state index in [-0.39, 0.29) is 11.9 Å². The second-order valence-electron chi connectivity index (χ2n) is 7.19. The average molecular weight is 350 g/mol. The minimum Gasteiger partial charge on any atom is -0.342 e. The number of piperidine rings is 1. The highest BCUT2D eigenvalue weighted by atomic mass is 16.2. The Hall–Kier alpha value is -2.21. The smallest absolute Gasteiger partial charge is 0.223 e. The van der Waals surface area contributed by atoms with Gasteiger partial charge >= 0.3 is 0 Å². The van der Waals surface area contributed by atoms with Crippen LogP contribution < -0.4 is 16.6 Å². The molecule has 2 aliphatic heterocycles. The van der Waals surface area contributed by atoms with Crippen molar-refractivity contribution in [3.05, 3.63) is 60.2 Å². The van der Waals surface area contributed by atoms with Gasteiger partial charge in [0.25, 0.3) is 0 Å². The van der Waals surface area contributed by atoms with Crippen molar-refractivity contribution < 1.29 is 4.79 Å². The van der Waals surface area contributed by atoms with Crippen molar-refractivity contribution >= 4 is 5.91 Å². The molecule has 5 heteroatoms. The Kier molecular flexibility index (Phi) is 5.02. The summed E-state index contributed by atoms with van der Waals surface area (Å²) >= 11 is 0. The van der Waals surface area contributed by atoms with E-state index < -0.39 is 0 Å². The molecule has 3 atom stereocenters. The van der Waals surface area contributed by atoms with E-state index in [9.17, 15) is 4.79 Å². The summed E-state index contributed by atoms with van der Waals surface area (Å²) in [5.41, 5.74) is 16.1. The molecule has 4 N–H and O–H groups in total. The van der Waals surface area contributed by atoms with E-state index in [1.807, 2.05) is 11.0 Å². The number of fused-ring (bicyclic) bond motifs is 1. The standard InChI is InChI=1S/C21H26N4O/c22-12-10-20(26)25-13-11-19-18(14-25)21(24-23-19)17-8-6-16(7-9-17)15-4-2-1-3-5-15/h1-9,18-19,21,23-24H,10-14,22H2. The lowest BCUT2D eigenvalue weighted by atomic mass is 9.84. The first kappa shape index (κ1) is 17.2. The highest BCUT2D eigenvalue weighted by molar-refractivity contribution is 5.76. The molecule has 2 fully saturated rings. The second kappa shape index (κ2) is 7.58. The van der Waals surface area contributed by atoms with Crippen molar-refractivity contribution in [2.45, 2.75) is 24.9 Å². The van der Waals surface area contributed by atoms with Crippen molar-refractivity contribution in [3.8, 4) is 11.1 Å². The van der Waals surface area contributed by atoms with Crippen LogP contribution in [0.4, 0.5) is 0 Å². The summed E-state index contributed by atoms with van der Waals surface area (Å²) in [6.45, 7) is 2.02. The van der Waals surface area contributed by atoms with Gasteiger partial charge in [-0.3, -0.25) is 10.2 Å². The molecule has 2 aromatic carbocycles. The van der Waals surface area contributed by atoms with Crippen LogP contribution in [0.2, 0.25) is 0 Å². The summed E-state index contributed by atoms with van der Waals surface area (Å²) in [6, 6.07) is 19.8.